The van der Waals surface area contributed by atoms with Crippen molar-refractivity contribution in [2.75, 3.05) is 36.4 Å². The molecule has 8 nitrogen and oxygen atoms in total. The third-order valence-electron chi connectivity index (χ3n) is 3.58. The van der Waals surface area contributed by atoms with E-state index < -0.39 is 0 Å². The van der Waals surface area contributed by atoms with Gasteiger partial charge in [-0.25, -0.2) is 0 Å². The molecule has 0 bridgehead atoms. The van der Waals surface area contributed by atoms with Gasteiger partial charge in [0.15, 0.2) is 5.82 Å². The lowest BCUT2D eigenvalue weighted by Crippen LogP contribution is -2.46. The van der Waals surface area contributed by atoms with E-state index in [2.05, 4.69) is 31.5 Å². The number of nitrogens with one attached hydrogen (secondary N) is 1. The molecule has 0 atom stereocenters. The zero-order valence-electron chi connectivity index (χ0n) is 12.4. The number of piperazine rings is 1. The van der Waals surface area contributed by atoms with E-state index in [0.29, 0.717) is 43.5 Å². The fourth-order valence-electron chi connectivity index (χ4n) is 2.35. The highest BCUT2D eigenvalue weighted by atomic mass is 16.1. The fourth-order valence-corrected chi connectivity index (χ4v) is 2.35. The second-order valence-corrected chi connectivity index (χ2v) is 5.08. The molecular weight excluding hydrogens is 294 g/mol. The maximum atomic E-state index is 10.7. The monoisotopic (exact) mass is 309 g/mol. The largest absolute Gasteiger partial charge is 0.352 e. The van der Waals surface area contributed by atoms with Crippen molar-refractivity contribution in [3.05, 3.63) is 36.0 Å². The molecule has 0 spiro atoms. The molecule has 1 aromatic heterocycles. The molecule has 2 heterocycles. The average Bonchev–Trinajstić information content (AvgIpc) is 2.62. The zero-order chi connectivity index (χ0) is 16.1. The number of amides is 1. The van der Waals surface area contributed by atoms with E-state index in [9.17, 15) is 4.79 Å². The summed E-state index contributed by atoms with van der Waals surface area (Å²) in [6.07, 6.45) is 2.47. The zero-order valence-corrected chi connectivity index (χ0v) is 12.4. The van der Waals surface area contributed by atoms with Crippen LogP contribution in [0.15, 0.2) is 30.5 Å². The maximum absolute atomic E-state index is 10.7. The second kappa shape index (κ2) is 6.70. The third kappa shape index (κ3) is 3.52. The van der Waals surface area contributed by atoms with E-state index in [1.54, 1.807) is 29.3 Å². The molecule has 0 radical (unpaired) electrons. The molecular formula is C15H15N7O. The first kappa shape index (κ1) is 14.7. The molecule has 116 valence electrons. The quantitative estimate of drug-likeness (QED) is 0.833. The van der Waals surface area contributed by atoms with E-state index in [-0.39, 0.29) is 0 Å². The number of hydrogen-bond acceptors (Lipinski definition) is 7. The normalized spacial score (nSPS) is 14.2. The van der Waals surface area contributed by atoms with Crippen LogP contribution in [-0.2, 0) is 4.79 Å². The molecule has 1 aliphatic rings. The molecule has 0 unspecified atom stereocenters. The van der Waals surface area contributed by atoms with Gasteiger partial charge in [-0.05, 0) is 18.2 Å². The minimum atomic E-state index is 0.371. The number of carbonyl (C=O) groups excluding carboxylic acids is 1. The number of aromatic nitrogens is 3. The standard InChI is InChI=1S/C15H15N7O/c16-9-12-2-1-3-13(8-12)18-15-19-14(10-17-20-15)22-6-4-21(11-23)5-7-22/h1-3,8,10-11H,4-7H2,(H,18,19,20). The molecule has 1 aromatic carbocycles. The highest BCUT2D eigenvalue weighted by Gasteiger charge is 2.17. The van der Waals surface area contributed by atoms with Crippen LogP contribution >= 0.6 is 0 Å². The van der Waals surface area contributed by atoms with Gasteiger partial charge < -0.3 is 15.1 Å². The van der Waals surface area contributed by atoms with Crippen molar-refractivity contribution in [2.24, 2.45) is 0 Å². The van der Waals surface area contributed by atoms with Crippen LogP contribution < -0.4 is 10.2 Å². The van der Waals surface area contributed by atoms with Gasteiger partial charge in [0.2, 0.25) is 12.4 Å². The number of nitrogens with zero attached hydrogens (tertiary/aromatic N) is 6. The van der Waals surface area contributed by atoms with Crippen LogP contribution in [0.4, 0.5) is 17.5 Å². The smallest absolute Gasteiger partial charge is 0.249 e. The van der Waals surface area contributed by atoms with Gasteiger partial charge in [-0.15, -0.1) is 5.10 Å². The van der Waals surface area contributed by atoms with Crippen LogP contribution in [0, 0.1) is 11.3 Å². The number of benzene rings is 1. The van der Waals surface area contributed by atoms with Crippen LogP contribution in [0.5, 0.6) is 0 Å². The summed E-state index contributed by atoms with van der Waals surface area (Å²) >= 11 is 0. The molecule has 1 saturated heterocycles. The van der Waals surface area contributed by atoms with E-state index in [1.807, 2.05) is 6.07 Å². The van der Waals surface area contributed by atoms with Crippen molar-refractivity contribution in [2.45, 2.75) is 0 Å². The van der Waals surface area contributed by atoms with E-state index in [1.165, 1.54) is 0 Å². The summed E-state index contributed by atoms with van der Waals surface area (Å²) < 4.78 is 0. The van der Waals surface area contributed by atoms with Crippen LogP contribution in [-0.4, -0.2) is 52.7 Å². The minimum Gasteiger partial charge on any atom is -0.352 e. The predicted molar refractivity (Wildman–Crippen MR) is 84.1 cm³/mol. The van der Waals surface area contributed by atoms with Crippen LogP contribution in [0.3, 0.4) is 0 Å². The van der Waals surface area contributed by atoms with Crippen molar-refractivity contribution in [1.29, 1.82) is 5.26 Å². The number of nitriles is 1. The highest BCUT2D eigenvalue weighted by molar-refractivity contribution is 5.57. The summed E-state index contributed by atoms with van der Waals surface area (Å²) in [7, 11) is 0. The molecule has 3 rings (SSSR count). The van der Waals surface area contributed by atoms with Crippen molar-refractivity contribution in [3.8, 4) is 6.07 Å². The van der Waals surface area contributed by atoms with Crippen LogP contribution in [0.1, 0.15) is 5.56 Å². The Hall–Kier alpha value is -3.21. The highest BCUT2D eigenvalue weighted by Crippen LogP contribution is 2.17. The Labute approximate surface area is 133 Å². The lowest BCUT2D eigenvalue weighted by atomic mass is 10.2. The molecule has 1 aliphatic heterocycles. The van der Waals surface area contributed by atoms with Crippen LogP contribution in [0.25, 0.3) is 0 Å². The summed E-state index contributed by atoms with van der Waals surface area (Å²) in [5.41, 5.74) is 1.29. The van der Waals surface area contributed by atoms with Crippen molar-refractivity contribution < 1.29 is 4.79 Å². The molecule has 23 heavy (non-hydrogen) atoms. The maximum Gasteiger partial charge on any atom is 0.249 e. The average molecular weight is 309 g/mol. The van der Waals surface area contributed by atoms with Gasteiger partial charge in [0.1, 0.15) is 0 Å². The minimum absolute atomic E-state index is 0.371. The lowest BCUT2D eigenvalue weighted by molar-refractivity contribution is -0.118. The SMILES string of the molecule is N#Cc1cccc(Nc2nncc(N3CCN(C=O)CC3)n2)c1. The predicted octanol–water partition coefficient (Wildman–Crippen LogP) is 0.765. The summed E-state index contributed by atoms with van der Waals surface area (Å²) in [4.78, 5) is 19.0. The van der Waals surface area contributed by atoms with E-state index >= 15 is 0 Å². The first-order valence-electron chi connectivity index (χ1n) is 7.20. The van der Waals surface area contributed by atoms with Crippen molar-refractivity contribution in [3.63, 3.8) is 0 Å². The van der Waals surface area contributed by atoms with Gasteiger partial charge in [0.25, 0.3) is 0 Å². The number of hydrogen-bond donors (Lipinski definition) is 1. The molecule has 1 N–H and O–H groups in total. The molecule has 0 aliphatic carbocycles. The Kier molecular flexibility index (Phi) is 4.29. The van der Waals surface area contributed by atoms with E-state index in [4.69, 9.17) is 5.26 Å². The Morgan fingerprint density at radius 2 is 2.09 bits per heavy atom. The molecule has 0 saturated carbocycles. The van der Waals surface area contributed by atoms with Gasteiger partial charge in [0, 0.05) is 31.9 Å². The molecule has 2 aromatic rings. The van der Waals surface area contributed by atoms with Crippen LogP contribution in [0.2, 0.25) is 0 Å². The summed E-state index contributed by atoms with van der Waals surface area (Å²) in [5.74, 6) is 1.08. The van der Waals surface area contributed by atoms with Gasteiger partial charge in [-0.2, -0.15) is 15.3 Å². The molecule has 1 amide bonds. The summed E-state index contributed by atoms with van der Waals surface area (Å²) in [6, 6.07) is 9.16. The second-order valence-electron chi connectivity index (χ2n) is 5.08. The first-order chi connectivity index (χ1) is 11.3. The van der Waals surface area contributed by atoms with Crippen molar-refractivity contribution in [1.82, 2.24) is 20.1 Å². The molecule has 8 heteroatoms. The Morgan fingerprint density at radius 1 is 1.26 bits per heavy atom. The fraction of sp³-hybridized carbons (Fsp3) is 0.267. The Bertz CT molecular complexity index is 735. The van der Waals surface area contributed by atoms with E-state index in [0.717, 1.165) is 12.1 Å². The van der Waals surface area contributed by atoms with Gasteiger partial charge in [-0.1, -0.05) is 6.07 Å². The number of rotatable bonds is 4. The number of carbonyl (C=O) groups is 1. The Balaban J connectivity index is 1.72. The summed E-state index contributed by atoms with van der Waals surface area (Å²) in [5, 5.41) is 19.9. The number of anilines is 3. The van der Waals surface area contributed by atoms with Gasteiger partial charge in [-0.3, -0.25) is 4.79 Å². The molecule has 1 fully saturated rings. The first-order valence-corrected chi connectivity index (χ1v) is 7.20. The third-order valence-corrected chi connectivity index (χ3v) is 3.58. The summed E-state index contributed by atoms with van der Waals surface area (Å²) in [6.45, 7) is 2.75. The lowest BCUT2D eigenvalue weighted by Gasteiger charge is -2.33. The van der Waals surface area contributed by atoms with Gasteiger partial charge in [0.05, 0.1) is 17.8 Å². The van der Waals surface area contributed by atoms with Gasteiger partial charge >= 0.3 is 0 Å². The topological polar surface area (TPSA) is 98.0 Å². The van der Waals surface area contributed by atoms with Crippen molar-refractivity contribution >= 4 is 23.9 Å². The Morgan fingerprint density at radius 3 is 2.83 bits per heavy atom.